The molecule has 2 aromatic carbocycles. The molecule has 1 N–H and O–H groups in total. The summed E-state index contributed by atoms with van der Waals surface area (Å²) in [6, 6.07) is 17.2. The molecule has 152 valence electrons. The summed E-state index contributed by atoms with van der Waals surface area (Å²) in [4.78, 5) is 41.9. The predicted octanol–water partition coefficient (Wildman–Crippen LogP) is 2.50. The molecule has 0 unspecified atom stereocenters. The largest absolute Gasteiger partial charge is 0.332 e. The number of anilines is 1. The van der Waals surface area contributed by atoms with E-state index in [0.717, 1.165) is 15.7 Å². The lowest BCUT2D eigenvalue weighted by Gasteiger charge is -2.12. The third-order valence-corrected chi connectivity index (χ3v) is 5.49. The van der Waals surface area contributed by atoms with E-state index < -0.39 is 11.2 Å². The summed E-state index contributed by atoms with van der Waals surface area (Å²) in [6.07, 6.45) is 0. The zero-order valence-electron chi connectivity index (χ0n) is 16.3. The van der Waals surface area contributed by atoms with Gasteiger partial charge in [0, 0.05) is 25.3 Å². The molecule has 1 amide bonds. The van der Waals surface area contributed by atoms with E-state index in [4.69, 9.17) is 0 Å². The number of nitrogens with zero attached hydrogens (tertiary/aromatic N) is 4. The molecule has 0 aliphatic rings. The average molecular weight is 468 g/mol. The second-order valence-electron chi connectivity index (χ2n) is 6.80. The zero-order chi connectivity index (χ0) is 21.4. The van der Waals surface area contributed by atoms with Gasteiger partial charge in [-0.2, -0.15) is 0 Å². The monoisotopic (exact) mass is 467 g/mol. The quantitative estimate of drug-likeness (QED) is 0.466. The van der Waals surface area contributed by atoms with Crippen LogP contribution in [0.15, 0.2) is 68.9 Å². The van der Waals surface area contributed by atoms with Gasteiger partial charge in [-0.15, -0.1) is 0 Å². The third-order valence-electron chi connectivity index (χ3n) is 4.89. The van der Waals surface area contributed by atoms with Crippen LogP contribution in [-0.4, -0.2) is 24.6 Å². The van der Waals surface area contributed by atoms with Crippen molar-refractivity contribution in [3.05, 3.63) is 80.2 Å². The van der Waals surface area contributed by atoms with Crippen molar-refractivity contribution in [2.45, 2.75) is 6.54 Å². The Morgan fingerprint density at radius 2 is 1.67 bits per heavy atom. The molecule has 2 aromatic heterocycles. The number of rotatable bonds is 4. The van der Waals surface area contributed by atoms with Crippen LogP contribution in [0.3, 0.4) is 0 Å². The third kappa shape index (κ3) is 3.37. The highest BCUT2D eigenvalue weighted by atomic mass is 79.9. The van der Waals surface area contributed by atoms with E-state index in [9.17, 15) is 14.4 Å². The fourth-order valence-corrected chi connectivity index (χ4v) is 3.83. The number of hydrogen-bond donors (Lipinski definition) is 1. The Morgan fingerprint density at radius 1 is 1.00 bits per heavy atom. The number of imidazole rings is 1. The summed E-state index contributed by atoms with van der Waals surface area (Å²) in [5, 5.41) is 2.91. The summed E-state index contributed by atoms with van der Waals surface area (Å²) in [5.74, 6) is -0.325. The normalized spacial score (nSPS) is 11.0. The van der Waals surface area contributed by atoms with Crippen molar-refractivity contribution >= 4 is 38.7 Å². The second kappa shape index (κ2) is 7.75. The Balaban J connectivity index is 1.70. The van der Waals surface area contributed by atoms with E-state index in [2.05, 4.69) is 26.2 Å². The molecular formula is C21H18BrN5O3. The molecule has 0 fully saturated rings. The number of para-hydroxylation sites is 1. The first-order valence-corrected chi connectivity index (χ1v) is 9.94. The van der Waals surface area contributed by atoms with Gasteiger partial charge in [0.2, 0.25) is 5.91 Å². The van der Waals surface area contributed by atoms with Crippen LogP contribution >= 0.6 is 15.9 Å². The standard InChI is InChI=1S/C21H18BrN5O3/c1-25-18-17(19(29)26(2)21(25)30)27(20(22)24-18)12-16(28)23-15-11-7-6-10-14(15)13-8-4-3-5-9-13/h3-11H,12H2,1-2H3,(H,23,28). The van der Waals surface area contributed by atoms with Crippen LogP contribution < -0.4 is 16.6 Å². The van der Waals surface area contributed by atoms with E-state index in [0.29, 0.717) is 10.4 Å². The maximum atomic E-state index is 12.8. The van der Waals surface area contributed by atoms with Crippen molar-refractivity contribution in [3.63, 3.8) is 0 Å². The summed E-state index contributed by atoms with van der Waals surface area (Å²) >= 11 is 3.30. The smallest absolute Gasteiger partial charge is 0.324 e. The summed E-state index contributed by atoms with van der Waals surface area (Å²) in [5.41, 5.74) is 1.93. The van der Waals surface area contributed by atoms with Crippen LogP contribution in [-0.2, 0) is 25.4 Å². The highest BCUT2D eigenvalue weighted by molar-refractivity contribution is 9.10. The van der Waals surface area contributed by atoms with Gasteiger partial charge in [-0.05, 0) is 27.6 Å². The fourth-order valence-electron chi connectivity index (χ4n) is 3.36. The van der Waals surface area contributed by atoms with Crippen LogP contribution in [0.5, 0.6) is 0 Å². The molecule has 0 spiro atoms. The van der Waals surface area contributed by atoms with Crippen molar-refractivity contribution in [1.82, 2.24) is 18.7 Å². The topological polar surface area (TPSA) is 90.9 Å². The number of carbonyl (C=O) groups is 1. The minimum Gasteiger partial charge on any atom is -0.324 e. The van der Waals surface area contributed by atoms with Gasteiger partial charge in [-0.3, -0.25) is 18.7 Å². The number of amides is 1. The highest BCUT2D eigenvalue weighted by Gasteiger charge is 2.20. The van der Waals surface area contributed by atoms with Crippen LogP contribution in [0.4, 0.5) is 5.69 Å². The van der Waals surface area contributed by atoms with Crippen LogP contribution in [0.1, 0.15) is 0 Å². The molecule has 0 saturated carbocycles. The molecule has 4 aromatic rings. The van der Waals surface area contributed by atoms with Gasteiger partial charge in [0.1, 0.15) is 6.54 Å². The van der Waals surface area contributed by atoms with Crippen molar-refractivity contribution in [3.8, 4) is 11.1 Å². The lowest BCUT2D eigenvalue weighted by atomic mass is 10.0. The van der Waals surface area contributed by atoms with Gasteiger partial charge in [-0.1, -0.05) is 48.5 Å². The molecule has 0 saturated heterocycles. The number of halogens is 1. The summed E-state index contributed by atoms with van der Waals surface area (Å²) in [7, 11) is 2.93. The number of nitrogens with one attached hydrogen (secondary N) is 1. The van der Waals surface area contributed by atoms with Gasteiger partial charge in [-0.25, -0.2) is 9.78 Å². The number of aromatic nitrogens is 4. The highest BCUT2D eigenvalue weighted by Crippen LogP contribution is 2.27. The SMILES string of the molecule is Cn1c(=O)c2c(nc(Br)n2CC(=O)Nc2ccccc2-c2ccccc2)n(C)c1=O. The predicted molar refractivity (Wildman–Crippen MR) is 118 cm³/mol. The van der Waals surface area contributed by atoms with Gasteiger partial charge < -0.3 is 9.88 Å². The number of fused-ring (bicyclic) bond motifs is 1. The van der Waals surface area contributed by atoms with Gasteiger partial charge in [0.05, 0.1) is 0 Å². The first-order valence-electron chi connectivity index (χ1n) is 9.14. The Kier molecular flexibility index (Phi) is 5.13. The minimum atomic E-state index is -0.510. The van der Waals surface area contributed by atoms with Gasteiger partial charge >= 0.3 is 5.69 Å². The fraction of sp³-hybridized carbons (Fsp3) is 0.143. The Labute approximate surface area is 179 Å². The Morgan fingerprint density at radius 3 is 2.40 bits per heavy atom. The van der Waals surface area contributed by atoms with Crippen molar-refractivity contribution in [2.24, 2.45) is 14.1 Å². The Bertz CT molecular complexity index is 1390. The number of aryl methyl sites for hydroxylation is 1. The summed E-state index contributed by atoms with van der Waals surface area (Å²) < 4.78 is 4.02. The van der Waals surface area contributed by atoms with E-state index in [1.54, 1.807) is 0 Å². The van der Waals surface area contributed by atoms with Crippen LogP contribution in [0.25, 0.3) is 22.3 Å². The van der Waals surface area contributed by atoms with Crippen LogP contribution in [0.2, 0.25) is 0 Å². The molecule has 4 rings (SSSR count). The number of hydrogen-bond acceptors (Lipinski definition) is 4. The first-order chi connectivity index (χ1) is 14.4. The first kappa shape index (κ1) is 19.8. The molecule has 30 heavy (non-hydrogen) atoms. The molecule has 0 radical (unpaired) electrons. The van der Waals surface area contributed by atoms with Crippen molar-refractivity contribution < 1.29 is 4.79 Å². The molecule has 0 atom stereocenters. The summed E-state index contributed by atoms with van der Waals surface area (Å²) in [6.45, 7) is -0.145. The molecule has 0 aliphatic carbocycles. The molecule has 2 heterocycles. The van der Waals surface area contributed by atoms with E-state index in [1.165, 1.54) is 23.2 Å². The van der Waals surface area contributed by atoms with Crippen LogP contribution in [0, 0.1) is 0 Å². The Hall–Kier alpha value is -3.46. The molecule has 0 bridgehead atoms. The molecule has 0 aliphatic heterocycles. The molecular weight excluding hydrogens is 450 g/mol. The lowest BCUT2D eigenvalue weighted by molar-refractivity contribution is -0.116. The minimum absolute atomic E-state index is 0.145. The molecule has 8 nitrogen and oxygen atoms in total. The average Bonchev–Trinajstić information content (AvgIpc) is 3.08. The molecule has 9 heteroatoms. The maximum Gasteiger partial charge on any atom is 0.332 e. The zero-order valence-corrected chi connectivity index (χ0v) is 17.9. The van der Waals surface area contributed by atoms with E-state index in [-0.39, 0.29) is 23.6 Å². The number of benzene rings is 2. The van der Waals surface area contributed by atoms with E-state index >= 15 is 0 Å². The van der Waals surface area contributed by atoms with Crippen molar-refractivity contribution in [1.29, 1.82) is 0 Å². The lowest BCUT2D eigenvalue weighted by Crippen LogP contribution is -2.37. The van der Waals surface area contributed by atoms with E-state index in [1.807, 2.05) is 54.6 Å². The van der Waals surface area contributed by atoms with Gasteiger partial charge in [0.25, 0.3) is 5.56 Å². The van der Waals surface area contributed by atoms with Crippen molar-refractivity contribution in [2.75, 3.05) is 5.32 Å². The number of carbonyl (C=O) groups excluding carboxylic acids is 1. The second-order valence-corrected chi connectivity index (χ2v) is 7.51. The maximum absolute atomic E-state index is 12.8. The van der Waals surface area contributed by atoms with Gasteiger partial charge in [0.15, 0.2) is 15.9 Å².